The van der Waals surface area contributed by atoms with Crippen molar-refractivity contribution < 1.29 is 19.1 Å². The second kappa shape index (κ2) is 6.14. The van der Waals surface area contributed by atoms with E-state index in [0.29, 0.717) is 6.42 Å². The van der Waals surface area contributed by atoms with Crippen molar-refractivity contribution in [1.82, 2.24) is 5.32 Å². The fourth-order valence-electron chi connectivity index (χ4n) is 1.55. The molecule has 1 aromatic rings. The van der Waals surface area contributed by atoms with Crippen LogP contribution in [0.1, 0.15) is 30.6 Å². The number of rotatable bonds is 5. The van der Waals surface area contributed by atoms with Crippen molar-refractivity contribution in [3.63, 3.8) is 0 Å². The van der Waals surface area contributed by atoms with Crippen molar-refractivity contribution in [3.05, 3.63) is 35.6 Å². The average Bonchev–Trinajstić information content (AvgIpc) is 2.35. The molecule has 98 valence electrons. The Balaban J connectivity index is 2.86. The largest absolute Gasteiger partial charge is 0.480 e. The monoisotopic (exact) mass is 253 g/mol. The maximum Gasteiger partial charge on any atom is 0.326 e. The maximum absolute atomic E-state index is 13.4. The van der Waals surface area contributed by atoms with E-state index in [9.17, 15) is 14.0 Å². The molecular weight excluding hydrogens is 237 g/mol. The lowest BCUT2D eigenvalue weighted by Gasteiger charge is -2.20. The van der Waals surface area contributed by atoms with Crippen LogP contribution < -0.4 is 5.32 Å². The fourth-order valence-corrected chi connectivity index (χ4v) is 1.55. The summed E-state index contributed by atoms with van der Waals surface area (Å²) in [6.07, 6.45) is 0.606. The van der Waals surface area contributed by atoms with Gasteiger partial charge in [-0.25, -0.2) is 9.18 Å². The van der Waals surface area contributed by atoms with E-state index in [-0.39, 0.29) is 11.5 Å². The molecule has 1 amide bonds. The summed E-state index contributed by atoms with van der Waals surface area (Å²) < 4.78 is 13.4. The number of carboxylic acids is 1. The lowest BCUT2D eigenvalue weighted by Crippen LogP contribution is -2.45. The number of halogens is 1. The highest BCUT2D eigenvalue weighted by Crippen LogP contribution is 2.11. The fraction of sp³-hybridized carbons (Fsp3) is 0.385. The van der Waals surface area contributed by atoms with Crippen LogP contribution in [-0.2, 0) is 4.79 Å². The molecule has 4 nitrogen and oxygen atoms in total. The minimum absolute atomic E-state index is 0.146. The van der Waals surface area contributed by atoms with E-state index in [0.717, 1.165) is 6.07 Å². The van der Waals surface area contributed by atoms with Crippen molar-refractivity contribution in [2.24, 2.45) is 5.92 Å². The number of hydrogen-bond donors (Lipinski definition) is 2. The van der Waals surface area contributed by atoms with Gasteiger partial charge in [0.15, 0.2) is 0 Å². The van der Waals surface area contributed by atoms with Gasteiger partial charge < -0.3 is 10.4 Å². The molecule has 0 radical (unpaired) electrons. The molecular formula is C13H16FNO3. The zero-order valence-corrected chi connectivity index (χ0v) is 10.3. The van der Waals surface area contributed by atoms with Crippen LogP contribution in [0.5, 0.6) is 0 Å². The number of nitrogens with one attached hydrogen (secondary N) is 1. The van der Waals surface area contributed by atoms with Crippen molar-refractivity contribution in [3.8, 4) is 0 Å². The summed E-state index contributed by atoms with van der Waals surface area (Å²) in [5, 5.41) is 11.4. The highest BCUT2D eigenvalue weighted by Gasteiger charge is 2.26. The number of carboxylic acid groups (broad SMARTS) is 1. The Morgan fingerprint density at radius 3 is 2.50 bits per heavy atom. The molecule has 18 heavy (non-hydrogen) atoms. The summed E-state index contributed by atoms with van der Waals surface area (Å²) in [6, 6.07) is 4.46. The van der Waals surface area contributed by atoms with Crippen LogP contribution in [0, 0.1) is 11.7 Å². The molecule has 0 aromatic heterocycles. The number of benzene rings is 1. The minimum atomic E-state index is -1.12. The zero-order valence-electron chi connectivity index (χ0n) is 10.3. The zero-order chi connectivity index (χ0) is 13.7. The highest BCUT2D eigenvalue weighted by atomic mass is 19.1. The highest BCUT2D eigenvalue weighted by molar-refractivity contribution is 5.96. The maximum atomic E-state index is 13.4. The first-order valence-electron chi connectivity index (χ1n) is 5.75. The summed E-state index contributed by atoms with van der Waals surface area (Å²) in [5.74, 6) is -2.71. The van der Waals surface area contributed by atoms with Crippen LogP contribution in [0.4, 0.5) is 4.39 Å². The molecule has 2 atom stereocenters. The molecule has 0 saturated heterocycles. The number of carbonyl (C=O) groups is 2. The quantitative estimate of drug-likeness (QED) is 0.844. The van der Waals surface area contributed by atoms with Crippen molar-refractivity contribution in [2.75, 3.05) is 0 Å². The van der Waals surface area contributed by atoms with Crippen molar-refractivity contribution in [1.29, 1.82) is 0 Å². The van der Waals surface area contributed by atoms with E-state index in [2.05, 4.69) is 5.32 Å². The second-order valence-electron chi connectivity index (χ2n) is 4.15. The second-order valence-corrected chi connectivity index (χ2v) is 4.15. The molecule has 0 heterocycles. The Bertz CT molecular complexity index is 448. The van der Waals surface area contributed by atoms with E-state index >= 15 is 0 Å². The molecule has 0 aliphatic carbocycles. The summed E-state index contributed by atoms with van der Waals surface area (Å²) >= 11 is 0. The molecule has 0 bridgehead atoms. The van der Waals surface area contributed by atoms with Gasteiger partial charge in [0.2, 0.25) is 0 Å². The van der Waals surface area contributed by atoms with E-state index in [1.165, 1.54) is 18.2 Å². The molecule has 0 unspecified atom stereocenters. The van der Waals surface area contributed by atoms with Gasteiger partial charge in [-0.2, -0.15) is 0 Å². The summed E-state index contributed by atoms with van der Waals surface area (Å²) in [4.78, 5) is 22.8. The van der Waals surface area contributed by atoms with E-state index in [1.807, 2.05) is 6.92 Å². The normalized spacial score (nSPS) is 13.7. The molecule has 0 aliphatic heterocycles. The molecule has 1 rings (SSSR count). The van der Waals surface area contributed by atoms with Gasteiger partial charge in [-0.1, -0.05) is 32.4 Å². The average molecular weight is 253 g/mol. The molecule has 0 aliphatic rings. The van der Waals surface area contributed by atoms with Crippen LogP contribution in [-0.4, -0.2) is 23.0 Å². The van der Waals surface area contributed by atoms with Gasteiger partial charge in [0.25, 0.3) is 5.91 Å². The minimum Gasteiger partial charge on any atom is -0.480 e. The van der Waals surface area contributed by atoms with Crippen LogP contribution in [0.3, 0.4) is 0 Å². The van der Waals surface area contributed by atoms with E-state index in [4.69, 9.17) is 5.11 Å². The summed E-state index contributed by atoms with van der Waals surface area (Å²) in [6.45, 7) is 3.55. The third kappa shape index (κ3) is 3.29. The third-order valence-corrected chi connectivity index (χ3v) is 2.88. The van der Waals surface area contributed by atoms with Gasteiger partial charge in [0.05, 0.1) is 5.56 Å². The number of aliphatic carboxylic acids is 1. The van der Waals surface area contributed by atoms with Gasteiger partial charge in [-0.15, -0.1) is 0 Å². The first kappa shape index (κ1) is 14.2. The van der Waals surface area contributed by atoms with Crippen molar-refractivity contribution >= 4 is 11.9 Å². The molecule has 0 spiro atoms. The Morgan fingerprint density at radius 1 is 1.39 bits per heavy atom. The Labute approximate surface area is 105 Å². The van der Waals surface area contributed by atoms with E-state index < -0.39 is 23.7 Å². The summed E-state index contributed by atoms with van der Waals surface area (Å²) in [5.41, 5.74) is -0.146. The molecule has 5 heteroatoms. The Kier molecular flexibility index (Phi) is 4.83. The smallest absolute Gasteiger partial charge is 0.326 e. The van der Waals surface area contributed by atoms with E-state index in [1.54, 1.807) is 6.92 Å². The molecule has 1 aromatic carbocycles. The number of carbonyl (C=O) groups excluding carboxylic acids is 1. The van der Waals surface area contributed by atoms with Gasteiger partial charge >= 0.3 is 5.97 Å². The lowest BCUT2D eigenvalue weighted by atomic mass is 9.99. The first-order chi connectivity index (χ1) is 8.47. The van der Waals surface area contributed by atoms with Gasteiger partial charge in [0, 0.05) is 0 Å². The van der Waals surface area contributed by atoms with Crippen LogP contribution >= 0.6 is 0 Å². The predicted molar refractivity (Wildman–Crippen MR) is 64.7 cm³/mol. The Morgan fingerprint density at radius 2 is 2.00 bits per heavy atom. The Hall–Kier alpha value is -1.91. The first-order valence-corrected chi connectivity index (χ1v) is 5.75. The van der Waals surface area contributed by atoms with Crippen LogP contribution in [0.25, 0.3) is 0 Å². The third-order valence-electron chi connectivity index (χ3n) is 2.88. The van der Waals surface area contributed by atoms with Gasteiger partial charge in [-0.05, 0) is 18.1 Å². The molecule has 2 N–H and O–H groups in total. The summed E-state index contributed by atoms with van der Waals surface area (Å²) in [7, 11) is 0. The predicted octanol–water partition coefficient (Wildman–Crippen LogP) is 2.05. The van der Waals surface area contributed by atoms with Gasteiger partial charge in [0.1, 0.15) is 11.9 Å². The molecule has 0 fully saturated rings. The molecule has 0 saturated carbocycles. The SMILES string of the molecule is CC[C@H](C)[C@H](NC(=O)c1ccccc1F)C(=O)O. The van der Waals surface area contributed by atoms with Gasteiger partial charge in [-0.3, -0.25) is 4.79 Å². The van der Waals surface area contributed by atoms with Crippen LogP contribution in [0.15, 0.2) is 24.3 Å². The van der Waals surface area contributed by atoms with Crippen molar-refractivity contribution in [2.45, 2.75) is 26.3 Å². The van der Waals surface area contributed by atoms with Crippen LogP contribution in [0.2, 0.25) is 0 Å². The standard InChI is InChI=1S/C13H16FNO3/c1-3-8(2)11(13(17)18)15-12(16)9-6-4-5-7-10(9)14/h4-8,11H,3H2,1-2H3,(H,15,16)(H,17,18)/t8-,11-/m0/s1. The lowest BCUT2D eigenvalue weighted by molar-refractivity contribution is -0.140. The topological polar surface area (TPSA) is 66.4 Å². The number of hydrogen-bond acceptors (Lipinski definition) is 2. The number of amides is 1.